The molecule has 1 saturated heterocycles. The van der Waals surface area contributed by atoms with Crippen LogP contribution < -0.4 is 0 Å². The van der Waals surface area contributed by atoms with E-state index in [0.717, 1.165) is 25.8 Å². The van der Waals surface area contributed by atoms with E-state index in [-0.39, 0.29) is 11.6 Å². The topological polar surface area (TPSA) is 29.5 Å². The van der Waals surface area contributed by atoms with Gasteiger partial charge in [0.25, 0.3) is 0 Å². The lowest BCUT2D eigenvalue weighted by atomic mass is 9.78. The number of thioether (sulfide) groups is 1. The number of likely N-dealkylation sites (tertiary alicyclic amines) is 1. The molecule has 2 fully saturated rings. The minimum atomic E-state index is -0.279. The van der Waals surface area contributed by atoms with E-state index in [1.165, 1.54) is 5.57 Å². The highest BCUT2D eigenvalue weighted by Crippen LogP contribution is 2.54. The zero-order valence-corrected chi connectivity index (χ0v) is 12.1. The maximum atomic E-state index is 11.7. The molecule has 0 aromatic heterocycles. The largest absolute Gasteiger partial charge is 0.450 e. The van der Waals surface area contributed by atoms with Gasteiger partial charge >= 0.3 is 5.97 Å². The molecule has 1 spiro atoms. The van der Waals surface area contributed by atoms with Gasteiger partial charge in [0.05, 0.1) is 6.04 Å². The summed E-state index contributed by atoms with van der Waals surface area (Å²) in [5.74, 6) is -0.123. The monoisotopic (exact) mass is 267 g/mol. The van der Waals surface area contributed by atoms with Crippen LogP contribution in [0.4, 0.5) is 0 Å². The summed E-state index contributed by atoms with van der Waals surface area (Å²) < 4.78 is 5.79. The fraction of sp³-hybridized carbons (Fsp3) is 0.786. The molecule has 100 valence electrons. The van der Waals surface area contributed by atoms with Crippen LogP contribution in [-0.2, 0) is 9.53 Å². The number of ether oxygens (including phenoxy) is 1. The molecule has 3 aliphatic rings. The van der Waals surface area contributed by atoms with Crippen molar-refractivity contribution in [2.45, 2.75) is 56.0 Å². The second-order valence-corrected chi connectivity index (χ2v) is 6.56. The zero-order chi connectivity index (χ0) is 12.9. The molecule has 4 unspecified atom stereocenters. The molecule has 0 N–H and O–H groups in total. The molecule has 18 heavy (non-hydrogen) atoms. The molecular formula is C14H21NO2S. The first-order valence-electron chi connectivity index (χ1n) is 6.88. The van der Waals surface area contributed by atoms with Crippen LogP contribution in [0.1, 0.15) is 33.1 Å². The Balaban J connectivity index is 2.04. The van der Waals surface area contributed by atoms with Gasteiger partial charge in [-0.15, -0.1) is 0 Å². The molecule has 0 amide bonds. The summed E-state index contributed by atoms with van der Waals surface area (Å²) in [6, 6.07) is 0.945. The summed E-state index contributed by atoms with van der Waals surface area (Å²) >= 11 is 1.93. The molecule has 0 aromatic rings. The van der Waals surface area contributed by atoms with Crippen LogP contribution in [0.3, 0.4) is 0 Å². The fourth-order valence-corrected chi connectivity index (χ4v) is 5.16. The highest BCUT2D eigenvalue weighted by atomic mass is 32.2. The average molecular weight is 267 g/mol. The van der Waals surface area contributed by atoms with Gasteiger partial charge in [0, 0.05) is 23.8 Å². The first-order chi connectivity index (χ1) is 8.66. The SMILES string of the molecule is CCC1N(CC)C2CC13OC(=O)C=C3CC2SC. The predicted octanol–water partition coefficient (Wildman–Crippen LogP) is 2.22. The standard InChI is InChI=1S/C14H21NO2S/c1-4-12-14-8-10(15(12)5-2)11(18-3)6-9(14)7-13(16)17-14/h7,10-12H,4-6,8H2,1-3H3. The molecule has 1 saturated carbocycles. The van der Waals surface area contributed by atoms with Crippen molar-refractivity contribution >= 4 is 17.7 Å². The second-order valence-electron chi connectivity index (χ2n) is 5.48. The number of likely N-dealkylation sites (N-methyl/N-ethyl adjacent to an activating group) is 1. The summed E-state index contributed by atoms with van der Waals surface area (Å²) in [5.41, 5.74) is 0.976. The summed E-state index contributed by atoms with van der Waals surface area (Å²) in [7, 11) is 0. The predicted molar refractivity (Wildman–Crippen MR) is 73.7 cm³/mol. The second kappa shape index (κ2) is 4.27. The van der Waals surface area contributed by atoms with E-state index < -0.39 is 0 Å². The molecule has 2 aliphatic heterocycles. The van der Waals surface area contributed by atoms with Crippen LogP contribution in [0.15, 0.2) is 11.6 Å². The first kappa shape index (κ1) is 12.5. The van der Waals surface area contributed by atoms with E-state index in [4.69, 9.17) is 4.74 Å². The maximum Gasteiger partial charge on any atom is 0.331 e. The Hall–Kier alpha value is -0.480. The van der Waals surface area contributed by atoms with Crippen LogP contribution >= 0.6 is 11.8 Å². The highest BCUT2D eigenvalue weighted by Gasteiger charge is 2.62. The van der Waals surface area contributed by atoms with Crippen molar-refractivity contribution in [2.75, 3.05) is 12.8 Å². The van der Waals surface area contributed by atoms with Crippen LogP contribution in [0.5, 0.6) is 0 Å². The molecule has 0 radical (unpaired) electrons. The molecule has 0 aromatic carbocycles. The van der Waals surface area contributed by atoms with E-state index in [1.54, 1.807) is 6.08 Å². The Labute approximate surface area is 113 Å². The summed E-state index contributed by atoms with van der Waals surface area (Å²) in [6.07, 6.45) is 7.02. The normalized spacial score (nSPS) is 42.7. The molecule has 3 nitrogen and oxygen atoms in total. The van der Waals surface area contributed by atoms with Crippen molar-refractivity contribution < 1.29 is 9.53 Å². The van der Waals surface area contributed by atoms with E-state index in [1.807, 2.05) is 11.8 Å². The Morgan fingerprint density at radius 2 is 2.33 bits per heavy atom. The van der Waals surface area contributed by atoms with Crippen molar-refractivity contribution in [1.82, 2.24) is 4.90 Å². The number of nitrogens with zero attached hydrogens (tertiary/aromatic N) is 1. The third-order valence-corrected chi connectivity index (χ3v) is 5.99. The number of hydrogen-bond donors (Lipinski definition) is 0. The lowest BCUT2D eigenvalue weighted by Crippen LogP contribution is -2.45. The lowest BCUT2D eigenvalue weighted by molar-refractivity contribution is -0.148. The number of esters is 1. The molecule has 4 heteroatoms. The summed E-state index contributed by atoms with van der Waals surface area (Å²) in [5, 5.41) is 0.607. The van der Waals surface area contributed by atoms with Gasteiger partial charge in [-0.1, -0.05) is 13.8 Å². The number of carbonyl (C=O) groups excluding carboxylic acids is 1. The molecule has 4 atom stereocenters. The fourth-order valence-electron chi connectivity index (χ4n) is 4.25. The Bertz CT molecular complexity index is 409. The summed E-state index contributed by atoms with van der Waals surface area (Å²) in [6.45, 7) is 5.48. The van der Waals surface area contributed by atoms with Gasteiger partial charge in [-0.05, 0) is 31.2 Å². The van der Waals surface area contributed by atoms with E-state index >= 15 is 0 Å². The molecule has 2 heterocycles. The Morgan fingerprint density at radius 3 is 2.94 bits per heavy atom. The first-order valence-corrected chi connectivity index (χ1v) is 8.17. The van der Waals surface area contributed by atoms with E-state index in [2.05, 4.69) is 25.0 Å². The third kappa shape index (κ3) is 1.45. The van der Waals surface area contributed by atoms with Gasteiger partial charge in [-0.3, -0.25) is 4.90 Å². The third-order valence-electron chi connectivity index (χ3n) is 4.90. The molecule has 3 rings (SSSR count). The van der Waals surface area contributed by atoms with Gasteiger partial charge in [-0.25, -0.2) is 4.79 Å². The minimum absolute atomic E-state index is 0.123. The Morgan fingerprint density at radius 1 is 1.56 bits per heavy atom. The molecule has 2 bridgehead atoms. The van der Waals surface area contributed by atoms with Gasteiger partial charge < -0.3 is 4.74 Å². The molecule has 1 aliphatic carbocycles. The number of carbonyl (C=O) groups is 1. The maximum absolute atomic E-state index is 11.7. The number of hydrogen-bond acceptors (Lipinski definition) is 4. The Kier molecular flexibility index (Phi) is 2.98. The van der Waals surface area contributed by atoms with Gasteiger partial charge in [0.1, 0.15) is 0 Å². The van der Waals surface area contributed by atoms with E-state index in [9.17, 15) is 4.79 Å². The van der Waals surface area contributed by atoms with Crippen LogP contribution in [-0.4, -0.2) is 46.6 Å². The van der Waals surface area contributed by atoms with Gasteiger partial charge in [0.15, 0.2) is 5.60 Å². The van der Waals surface area contributed by atoms with Crippen molar-refractivity contribution in [3.8, 4) is 0 Å². The van der Waals surface area contributed by atoms with Crippen molar-refractivity contribution in [1.29, 1.82) is 0 Å². The summed E-state index contributed by atoms with van der Waals surface area (Å²) in [4.78, 5) is 14.3. The highest BCUT2D eigenvalue weighted by molar-refractivity contribution is 7.99. The van der Waals surface area contributed by atoms with Crippen molar-refractivity contribution in [3.05, 3.63) is 11.6 Å². The lowest BCUT2D eigenvalue weighted by Gasteiger charge is -2.35. The zero-order valence-electron chi connectivity index (χ0n) is 11.3. The van der Waals surface area contributed by atoms with Gasteiger partial charge in [-0.2, -0.15) is 11.8 Å². The smallest absolute Gasteiger partial charge is 0.331 e. The van der Waals surface area contributed by atoms with Crippen molar-refractivity contribution in [3.63, 3.8) is 0 Å². The number of rotatable bonds is 3. The average Bonchev–Trinajstić information content (AvgIpc) is 2.83. The quantitative estimate of drug-likeness (QED) is 0.733. The van der Waals surface area contributed by atoms with Crippen LogP contribution in [0, 0.1) is 0 Å². The van der Waals surface area contributed by atoms with Crippen LogP contribution in [0.25, 0.3) is 0 Å². The van der Waals surface area contributed by atoms with Crippen LogP contribution in [0.2, 0.25) is 0 Å². The van der Waals surface area contributed by atoms with E-state index in [0.29, 0.717) is 17.3 Å². The molecular weight excluding hydrogens is 246 g/mol. The minimum Gasteiger partial charge on any atom is -0.450 e. The van der Waals surface area contributed by atoms with Gasteiger partial charge in [0.2, 0.25) is 0 Å². The number of fused-ring (bicyclic) bond motifs is 1. The van der Waals surface area contributed by atoms with Crippen molar-refractivity contribution in [2.24, 2.45) is 0 Å².